The lowest BCUT2D eigenvalue weighted by molar-refractivity contribution is -0.250. The number of amides is 1. The molecule has 1 fully saturated rings. The van der Waals surface area contributed by atoms with E-state index in [2.05, 4.69) is 10.1 Å². The van der Waals surface area contributed by atoms with E-state index < -0.39 is 55.2 Å². The molecule has 1 saturated heterocycles. The van der Waals surface area contributed by atoms with Crippen LogP contribution in [-0.2, 0) is 28.6 Å². The third-order valence-electron chi connectivity index (χ3n) is 2.77. The highest BCUT2D eigenvalue weighted by atomic mass is 19.1. The van der Waals surface area contributed by atoms with Crippen LogP contribution in [0.1, 0.15) is 20.8 Å². The van der Waals surface area contributed by atoms with E-state index >= 15 is 0 Å². The zero-order valence-corrected chi connectivity index (χ0v) is 11.9. The van der Waals surface area contributed by atoms with Gasteiger partial charge in [0.1, 0.15) is 18.8 Å². The van der Waals surface area contributed by atoms with Gasteiger partial charge in [-0.1, -0.05) is 0 Å². The number of ether oxygens (including phenoxy) is 3. The van der Waals surface area contributed by atoms with Crippen LogP contribution in [0.5, 0.6) is 0 Å². The fourth-order valence-corrected chi connectivity index (χ4v) is 1.96. The van der Waals surface area contributed by atoms with Gasteiger partial charge in [-0.25, -0.2) is 4.39 Å². The Labute approximate surface area is 120 Å². The summed E-state index contributed by atoms with van der Waals surface area (Å²) in [6.45, 7) is 2.98. The maximum absolute atomic E-state index is 14.4. The quantitative estimate of drug-likeness (QED) is 0.643. The molecular weight excluding hydrogens is 289 g/mol. The van der Waals surface area contributed by atoms with Gasteiger partial charge in [0.15, 0.2) is 18.6 Å². The van der Waals surface area contributed by atoms with Gasteiger partial charge in [0.05, 0.1) is 0 Å². The lowest BCUT2D eigenvalue weighted by Gasteiger charge is -2.40. The van der Waals surface area contributed by atoms with E-state index in [0.29, 0.717) is 0 Å². The predicted octanol–water partition coefficient (Wildman–Crippen LogP) is -0.959. The fourth-order valence-electron chi connectivity index (χ4n) is 1.96. The minimum atomic E-state index is -1.91. The summed E-state index contributed by atoms with van der Waals surface area (Å²) >= 11 is 0. The van der Waals surface area contributed by atoms with Crippen molar-refractivity contribution < 1.29 is 38.1 Å². The summed E-state index contributed by atoms with van der Waals surface area (Å²) in [7, 11) is 0. The second-order valence-electron chi connectivity index (χ2n) is 4.61. The average Bonchev–Trinajstić information content (AvgIpc) is 2.35. The highest BCUT2D eigenvalue weighted by Crippen LogP contribution is 2.25. The van der Waals surface area contributed by atoms with Gasteiger partial charge in [0, 0.05) is 20.8 Å². The summed E-state index contributed by atoms with van der Waals surface area (Å²) in [4.78, 5) is 32.8. The van der Waals surface area contributed by atoms with Gasteiger partial charge >= 0.3 is 11.9 Å². The number of carbonyl (C=O) groups excluding carboxylic acids is 3. The largest absolute Gasteiger partial charge is 0.463 e. The summed E-state index contributed by atoms with van der Waals surface area (Å²) in [5, 5.41) is 11.9. The van der Waals surface area contributed by atoms with E-state index in [1.807, 2.05) is 0 Å². The van der Waals surface area contributed by atoms with Gasteiger partial charge in [-0.3, -0.25) is 14.4 Å². The number of aliphatic hydroxyl groups is 1. The number of rotatable bonds is 4. The molecule has 21 heavy (non-hydrogen) atoms. The molecule has 0 radical (unpaired) electrons. The summed E-state index contributed by atoms with van der Waals surface area (Å²) in [5.74, 6) is -1.98. The van der Waals surface area contributed by atoms with Gasteiger partial charge < -0.3 is 24.6 Å². The number of nitrogens with one attached hydrogen (secondary N) is 1. The van der Waals surface area contributed by atoms with Gasteiger partial charge in [-0.05, 0) is 0 Å². The minimum Gasteiger partial charge on any atom is -0.463 e. The Hall–Kier alpha value is -1.74. The second kappa shape index (κ2) is 7.32. The van der Waals surface area contributed by atoms with Crippen LogP contribution in [0.25, 0.3) is 0 Å². The van der Waals surface area contributed by atoms with E-state index in [4.69, 9.17) is 9.47 Å². The van der Waals surface area contributed by atoms with Gasteiger partial charge in [-0.15, -0.1) is 0 Å². The first kappa shape index (κ1) is 17.3. The van der Waals surface area contributed by atoms with Crippen LogP contribution in [0.4, 0.5) is 4.39 Å². The van der Waals surface area contributed by atoms with Crippen molar-refractivity contribution in [2.45, 2.75) is 51.5 Å². The van der Waals surface area contributed by atoms with Crippen LogP contribution < -0.4 is 5.32 Å². The van der Waals surface area contributed by atoms with Crippen molar-refractivity contribution in [1.82, 2.24) is 5.32 Å². The molecular formula is C12H18FNO7. The maximum Gasteiger partial charge on any atom is 0.303 e. The molecule has 0 aromatic carbocycles. The molecule has 0 aliphatic carbocycles. The molecule has 8 nitrogen and oxygen atoms in total. The molecule has 5 atom stereocenters. The Morgan fingerprint density at radius 3 is 2.33 bits per heavy atom. The molecule has 0 aromatic rings. The molecule has 9 heteroatoms. The second-order valence-corrected chi connectivity index (χ2v) is 4.61. The van der Waals surface area contributed by atoms with Crippen molar-refractivity contribution in [3.8, 4) is 0 Å². The topological polar surface area (TPSA) is 111 Å². The van der Waals surface area contributed by atoms with Crippen LogP contribution in [0.3, 0.4) is 0 Å². The number of esters is 2. The molecule has 0 bridgehead atoms. The van der Waals surface area contributed by atoms with Crippen LogP contribution in [-0.4, -0.2) is 60.3 Å². The Kier molecular flexibility index (Phi) is 6.03. The average molecular weight is 307 g/mol. The number of aliphatic hydroxyl groups excluding tert-OH is 1. The lowest BCUT2D eigenvalue weighted by atomic mass is 9.98. The predicted molar refractivity (Wildman–Crippen MR) is 65.6 cm³/mol. The Morgan fingerprint density at radius 1 is 1.24 bits per heavy atom. The smallest absolute Gasteiger partial charge is 0.303 e. The van der Waals surface area contributed by atoms with Gasteiger partial charge in [0.25, 0.3) is 0 Å². The Balaban J connectivity index is 2.86. The molecule has 1 aliphatic rings. The monoisotopic (exact) mass is 307 g/mol. The molecule has 0 aromatic heterocycles. The van der Waals surface area contributed by atoms with Crippen molar-refractivity contribution in [2.24, 2.45) is 0 Å². The van der Waals surface area contributed by atoms with Crippen molar-refractivity contribution in [2.75, 3.05) is 6.61 Å². The third kappa shape index (κ3) is 4.94. The third-order valence-corrected chi connectivity index (χ3v) is 2.77. The summed E-state index contributed by atoms with van der Waals surface area (Å²) in [5.41, 5.74) is 0. The highest BCUT2D eigenvalue weighted by molar-refractivity contribution is 5.73. The van der Waals surface area contributed by atoms with Crippen LogP contribution in [0.15, 0.2) is 0 Å². The maximum atomic E-state index is 14.4. The Bertz CT molecular complexity index is 414. The molecule has 0 saturated carbocycles. The molecule has 1 heterocycles. The van der Waals surface area contributed by atoms with E-state index in [1.165, 1.54) is 0 Å². The van der Waals surface area contributed by atoms with Gasteiger partial charge in [-0.2, -0.15) is 0 Å². The number of alkyl halides is 1. The van der Waals surface area contributed by atoms with Gasteiger partial charge in [0.2, 0.25) is 5.91 Å². The molecule has 1 rings (SSSR count). The number of hydrogen-bond donors (Lipinski definition) is 2. The summed E-state index contributed by atoms with van der Waals surface area (Å²) in [6.07, 6.45) is -6.16. The van der Waals surface area contributed by atoms with Crippen LogP contribution in [0, 0.1) is 0 Å². The standard InChI is InChI=1S/C12H18FNO7/c1-5(15)14-10-9(13)11(20-7(3)17)8(21-12(10)18)4-19-6(2)16/h8-12,18H,4H2,1-3H3,(H,14,15)/t8-,9-,10-,11-,12?/m1/s1. The van der Waals surface area contributed by atoms with Crippen LogP contribution in [0.2, 0.25) is 0 Å². The van der Waals surface area contributed by atoms with Crippen molar-refractivity contribution in [3.05, 3.63) is 0 Å². The molecule has 0 spiro atoms. The lowest BCUT2D eigenvalue weighted by Crippen LogP contribution is -2.63. The Morgan fingerprint density at radius 2 is 1.86 bits per heavy atom. The first-order valence-electron chi connectivity index (χ1n) is 6.27. The molecule has 1 amide bonds. The molecule has 120 valence electrons. The normalized spacial score (nSPS) is 32.1. The van der Waals surface area contributed by atoms with Crippen LogP contribution >= 0.6 is 0 Å². The summed E-state index contributed by atoms with van der Waals surface area (Å²) < 4.78 is 29.0. The molecule has 1 unspecified atom stereocenters. The SMILES string of the molecule is CC(=O)N[C@H]1C(O)O[C@H](COC(C)=O)[C@@H](OC(C)=O)[C@@H]1F. The first-order chi connectivity index (χ1) is 9.72. The molecule has 2 N–H and O–H groups in total. The zero-order valence-electron chi connectivity index (χ0n) is 11.9. The molecule has 1 aliphatic heterocycles. The number of carbonyl (C=O) groups is 3. The fraction of sp³-hybridized carbons (Fsp3) is 0.750. The van der Waals surface area contributed by atoms with E-state index in [-0.39, 0.29) is 0 Å². The highest BCUT2D eigenvalue weighted by Gasteiger charge is 2.48. The zero-order chi connectivity index (χ0) is 16.2. The number of hydrogen-bond acceptors (Lipinski definition) is 7. The van der Waals surface area contributed by atoms with Crippen molar-refractivity contribution in [1.29, 1.82) is 0 Å². The minimum absolute atomic E-state index is 0.391. The van der Waals surface area contributed by atoms with Crippen molar-refractivity contribution in [3.63, 3.8) is 0 Å². The van der Waals surface area contributed by atoms with E-state index in [0.717, 1.165) is 20.8 Å². The summed E-state index contributed by atoms with van der Waals surface area (Å²) in [6, 6.07) is -1.39. The van der Waals surface area contributed by atoms with Crippen molar-refractivity contribution >= 4 is 17.8 Å². The first-order valence-corrected chi connectivity index (χ1v) is 6.27. The number of halogens is 1. The van der Waals surface area contributed by atoms with E-state index in [9.17, 15) is 23.9 Å². The van der Waals surface area contributed by atoms with E-state index in [1.54, 1.807) is 0 Å².